The maximum absolute atomic E-state index is 13.0. The molecule has 1 fully saturated rings. The quantitative estimate of drug-likeness (QED) is 0.606. The van der Waals surface area contributed by atoms with Crippen molar-refractivity contribution in [3.8, 4) is 11.4 Å². The lowest BCUT2D eigenvalue weighted by Gasteiger charge is -2.25. The van der Waals surface area contributed by atoms with Crippen LogP contribution < -0.4 is 5.56 Å². The van der Waals surface area contributed by atoms with Crippen LogP contribution in [0.2, 0.25) is 0 Å². The number of nitrogens with one attached hydrogen (secondary N) is 1. The average molecular weight is 470 g/mol. The molecule has 1 atom stereocenters. The monoisotopic (exact) mass is 469 g/mol. The van der Waals surface area contributed by atoms with Crippen molar-refractivity contribution < 1.29 is 13.5 Å². The summed E-state index contributed by atoms with van der Waals surface area (Å²) in [5.41, 5.74) is 1.74. The molecule has 0 saturated heterocycles. The van der Waals surface area contributed by atoms with Crippen LogP contribution in [0.3, 0.4) is 0 Å². The molecule has 0 amide bonds. The summed E-state index contributed by atoms with van der Waals surface area (Å²) in [7, 11) is -1.92. The first kappa shape index (κ1) is 21.8. The molecule has 9 nitrogen and oxygen atoms in total. The first-order valence-electron chi connectivity index (χ1n) is 11.3. The minimum Gasteiger partial charge on any atom is -0.389 e. The van der Waals surface area contributed by atoms with Crippen LogP contribution in [0, 0.1) is 0 Å². The molecular weight excluding hydrogens is 442 g/mol. The van der Waals surface area contributed by atoms with Crippen LogP contribution in [-0.2, 0) is 17.1 Å². The van der Waals surface area contributed by atoms with Crippen LogP contribution in [-0.4, -0.2) is 50.2 Å². The standard InChI is InChI=1S/C23H27N5O4S/c1-27-22-19(20(26-27)15-5-3-2-4-6-15)23(30)25-21(24-22)16-7-9-18(10-8-16)33(31,32)28-13-11-17(29)12-14-28/h7-11,13,15,17,29H,2-6,12,14H2,1H3,(H,24,25,30). The molecule has 174 valence electrons. The minimum atomic E-state index is -3.71. The predicted octanol–water partition coefficient (Wildman–Crippen LogP) is 2.64. The second-order valence-electron chi connectivity index (χ2n) is 8.79. The molecule has 2 aromatic heterocycles. The van der Waals surface area contributed by atoms with E-state index in [-0.39, 0.29) is 22.9 Å². The summed E-state index contributed by atoms with van der Waals surface area (Å²) in [6.07, 6.45) is 8.19. The number of H-pyrrole nitrogens is 1. The third-order valence-corrected chi connectivity index (χ3v) is 8.36. The number of nitrogens with zero attached hydrogens (tertiary/aromatic N) is 4. The lowest BCUT2D eigenvalue weighted by atomic mass is 9.86. The number of hydrogen-bond acceptors (Lipinski definition) is 6. The molecule has 10 heteroatoms. The third-order valence-electron chi connectivity index (χ3n) is 6.57. The Morgan fingerprint density at radius 2 is 1.82 bits per heavy atom. The number of aliphatic hydroxyl groups is 1. The second-order valence-corrected chi connectivity index (χ2v) is 10.7. The summed E-state index contributed by atoms with van der Waals surface area (Å²) in [5.74, 6) is 0.654. The summed E-state index contributed by atoms with van der Waals surface area (Å²) < 4.78 is 28.6. The van der Waals surface area contributed by atoms with Gasteiger partial charge in [-0.25, -0.2) is 18.1 Å². The Labute approximate surface area is 191 Å². The first-order chi connectivity index (χ1) is 15.8. The number of fused-ring (bicyclic) bond motifs is 1. The van der Waals surface area contributed by atoms with Gasteiger partial charge in [0.2, 0.25) is 0 Å². The van der Waals surface area contributed by atoms with Gasteiger partial charge in [0.1, 0.15) is 11.2 Å². The van der Waals surface area contributed by atoms with Crippen LogP contribution in [0.15, 0.2) is 46.2 Å². The largest absolute Gasteiger partial charge is 0.389 e. The first-order valence-corrected chi connectivity index (χ1v) is 12.7. The van der Waals surface area contributed by atoms with Gasteiger partial charge in [0.15, 0.2) is 5.65 Å². The van der Waals surface area contributed by atoms with Gasteiger partial charge in [-0.3, -0.25) is 9.10 Å². The van der Waals surface area contributed by atoms with Gasteiger partial charge in [-0.2, -0.15) is 5.10 Å². The van der Waals surface area contributed by atoms with Crippen molar-refractivity contribution in [3.63, 3.8) is 0 Å². The van der Waals surface area contributed by atoms with Gasteiger partial charge in [0, 0.05) is 31.3 Å². The fourth-order valence-corrected chi connectivity index (χ4v) is 6.06. The van der Waals surface area contributed by atoms with E-state index in [1.54, 1.807) is 23.9 Å². The minimum absolute atomic E-state index is 0.135. The van der Waals surface area contributed by atoms with E-state index in [2.05, 4.69) is 15.1 Å². The van der Waals surface area contributed by atoms with E-state index in [0.29, 0.717) is 28.8 Å². The molecule has 0 spiro atoms. The van der Waals surface area contributed by atoms with Crippen molar-refractivity contribution >= 4 is 21.1 Å². The van der Waals surface area contributed by atoms with E-state index in [4.69, 9.17) is 0 Å². The molecule has 1 aromatic carbocycles. The molecule has 3 heterocycles. The molecule has 5 rings (SSSR count). The van der Waals surface area contributed by atoms with Crippen LogP contribution in [0.25, 0.3) is 22.4 Å². The van der Waals surface area contributed by atoms with Gasteiger partial charge in [-0.1, -0.05) is 19.3 Å². The second kappa shape index (κ2) is 8.42. The number of benzene rings is 1. The maximum atomic E-state index is 13.0. The molecule has 2 aliphatic rings. The summed E-state index contributed by atoms with van der Waals surface area (Å²) in [6.45, 7) is 0.219. The Bertz CT molecular complexity index is 1370. The Balaban J connectivity index is 1.48. The lowest BCUT2D eigenvalue weighted by molar-refractivity contribution is 0.195. The number of aromatic nitrogens is 4. The van der Waals surface area contributed by atoms with Crippen molar-refractivity contribution in [2.75, 3.05) is 6.54 Å². The summed E-state index contributed by atoms with van der Waals surface area (Å²) in [5, 5.41) is 14.8. The zero-order chi connectivity index (χ0) is 23.2. The Morgan fingerprint density at radius 1 is 1.09 bits per heavy atom. The van der Waals surface area contributed by atoms with Gasteiger partial charge in [0.05, 0.1) is 16.7 Å². The van der Waals surface area contributed by atoms with Crippen molar-refractivity contribution in [1.29, 1.82) is 0 Å². The zero-order valence-corrected chi connectivity index (χ0v) is 19.3. The highest BCUT2D eigenvalue weighted by Gasteiger charge is 2.26. The highest BCUT2D eigenvalue weighted by Crippen LogP contribution is 2.34. The molecule has 3 aromatic rings. The number of aromatic amines is 1. The van der Waals surface area contributed by atoms with Gasteiger partial charge in [-0.15, -0.1) is 0 Å². The SMILES string of the molecule is Cn1nc(C2CCCCC2)c2c(=O)[nH]c(-c3ccc(S(=O)(=O)N4C=CC(O)CC4)cc3)nc21. The molecule has 1 unspecified atom stereocenters. The van der Waals surface area contributed by atoms with Gasteiger partial charge >= 0.3 is 0 Å². The molecule has 1 aliphatic carbocycles. The van der Waals surface area contributed by atoms with Crippen molar-refractivity contribution in [3.05, 3.63) is 52.6 Å². The molecule has 1 aliphatic heterocycles. The van der Waals surface area contributed by atoms with Crippen LogP contribution in [0.1, 0.15) is 50.1 Å². The van der Waals surface area contributed by atoms with E-state index in [9.17, 15) is 18.3 Å². The molecule has 0 radical (unpaired) electrons. The van der Waals surface area contributed by atoms with E-state index in [1.807, 2.05) is 0 Å². The summed E-state index contributed by atoms with van der Waals surface area (Å²) in [6, 6.07) is 6.28. The Kier molecular flexibility index (Phi) is 5.57. The number of sulfonamides is 1. The highest BCUT2D eigenvalue weighted by atomic mass is 32.2. The molecular formula is C23H27N5O4S. The molecule has 33 heavy (non-hydrogen) atoms. The molecule has 0 bridgehead atoms. The maximum Gasteiger partial charge on any atom is 0.263 e. The Hall–Kier alpha value is -2.98. The lowest BCUT2D eigenvalue weighted by Crippen LogP contribution is -2.32. The van der Waals surface area contributed by atoms with Crippen LogP contribution in [0.5, 0.6) is 0 Å². The van der Waals surface area contributed by atoms with E-state index >= 15 is 0 Å². The van der Waals surface area contributed by atoms with Gasteiger partial charge in [0.25, 0.3) is 15.6 Å². The van der Waals surface area contributed by atoms with E-state index < -0.39 is 16.1 Å². The molecule has 1 saturated carbocycles. The van der Waals surface area contributed by atoms with E-state index in [0.717, 1.165) is 31.4 Å². The number of aliphatic hydroxyl groups excluding tert-OH is 1. The molecule has 2 N–H and O–H groups in total. The summed E-state index contributed by atoms with van der Waals surface area (Å²) >= 11 is 0. The zero-order valence-electron chi connectivity index (χ0n) is 18.4. The number of aryl methyl sites for hydroxylation is 1. The van der Waals surface area contributed by atoms with Crippen LogP contribution >= 0.6 is 0 Å². The van der Waals surface area contributed by atoms with Crippen molar-refractivity contribution in [2.24, 2.45) is 7.05 Å². The fraction of sp³-hybridized carbons (Fsp3) is 0.435. The summed E-state index contributed by atoms with van der Waals surface area (Å²) in [4.78, 5) is 20.7. The van der Waals surface area contributed by atoms with Gasteiger partial charge in [-0.05, 0) is 49.6 Å². The predicted molar refractivity (Wildman–Crippen MR) is 124 cm³/mol. The highest BCUT2D eigenvalue weighted by molar-refractivity contribution is 7.89. The number of rotatable bonds is 4. The van der Waals surface area contributed by atoms with Crippen molar-refractivity contribution in [2.45, 2.75) is 55.4 Å². The average Bonchev–Trinajstić information content (AvgIpc) is 3.17. The van der Waals surface area contributed by atoms with Crippen molar-refractivity contribution in [1.82, 2.24) is 24.1 Å². The van der Waals surface area contributed by atoms with Crippen LogP contribution in [0.4, 0.5) is 0 Å². The van der Waals surface area contributed by atoms with Gasteiger partial charge < -0.3 is 10.1 Å². The topological polar surface area (TPSA) is 121 Å². The fourth-order valence-electron chi connectivity index (χ4n) is 4.73. The smallest absolute Gasteiger partial charge is 0.263 e. The Morgan fingerprint density at radius 3 is 2.48 bits per heavy atom. The number of hydrogen-bond donors (Lipinski definition) is 2. The third kappa shape index (κ3) is 3.97. The normalized spacial score (nSPS) is 19.9. The van der Waals surface area contributed by atoms with E-state index in [1.165, 1.54) is 35.1 Å².